The third-order valence-electron chi connectivity index (χ3n) is 1.70. The number of carbonyl (C=O) groups is 2. The summed E-state index contributed by atoms with van der Waals surface area (Å²) < 4.78 is 31.9. The number of rotatable bonds is 3. The summed E-state index contributed by atoms with van der Waals surface area (Å²) >= 11 is 0. The standard InChI is InChI=1S/C8H6O7S.3H3N/c9-7(10)4-1-2-6(16(13,14)15)5(3-4)8(11)12;;;/h1-3H,(H,9,10)(H,11,12)(H,13,14,15);3*1H3. The van der Waals surface area contributed by atoms with Gasteiger partial charge in [-0.15, -0.1) is 0 Å². The number of carbonyl (C=O) groups excluding carboxylic acids is 2. The molecule has 1 aromatic rings. The van der Waals surface area contributed by atoms with E-state index in [9.17, 15) is 32.8 Å². The van der Waals surface area contributed by atoms with Gasteiger partial charge >= 0.3 is 0 Å². The van der Waals surface area contributed by atoms with Crippen molar-refractivity contribution in [2.45, 2.75) is 4.90 Å². The van der Waals surface area contributed by atoms with Gasteiger partial charge in [-0.05, 0) is 17.7 Å². The zero-order chi connectivity index (χ0) is 12.5. The molecule has 11 heteroatoms. The fourth-order valence-corrected chi connectivity index (χ4v) is 1.68. The predicted octanol–water partition coefficient (Wildman–Crippen LogP) is -1.55. The number of hydrogen-bond acceptors (Lipinski definition) is 7. The first-order chi connectivity index (χ1) is 7.23. The normalized spacial score (nSPS) is 9.32. The summed E-state index contributed by atoms with van der Waals surface area (Å²) in [6.45, 7) is 0. The van der Waals surface area contributed by atoms with Crippen molar-refractivity contribution in [3.63, 3.8) is 0 Å². The molecule has 0 bridgehead atoms. The first-order valence-corrected chi connectivity index (χ1v) is 5.17. The molecule has 1 rings (SSSR count). The van der Waals surface area contributed by atoms with Gasteiger partial charge in [-0.2, -0.15) is 0 Å². The van der Waals surface area contributed by atoms with Crippen molar-refractivity contribution in [3.05, 3.63) is 29.3 Å². The van der Waals surface area contributed by atoms with Crippen molar-refractivity contribution < 1.29 is 32.8 Å². The highest BCUT2D eigenvalue weighted by molar-refractivity contribution is 7.85. The summed E-state index contributed by atoms with van der Waals surface area (Å²) in [5.41, 5.74) is -1.57. The van der Waals surface area contributed by atoms with Gasteiger partial charge in [-0.25, -0.2) is 8.42 Å². The zero-order valence-corrected chi connectivity index (χ0v) is 11.3. The number of hydrogen-bond donors (Lipinski definition) is 3. The number of benzene rings is 1. The van der Waals surface area contributed by atoms with Crippen LogP contribution < -0.4 is 28.7 Å². The van der Waals surface area contributed by atoms with Crippen LogP contribution >= 0.6 is 0 Å². The average Bonchev–Trinajstić information content (AvgIpc) is 2.15. The van der Waals surface area contributed by atoms with E-state index in [1.807, 2.05) is 0 Å². The van der Waals surface area contributed by atoms with Crippen LogP contribution in [0, 0.1) is 0 Å². The molecule has 0 atom stereocenters. The first-order valence-electron chi connectivity index (χ1n) is 3.76. The van der Waals surface area contributed by atoms with Crippen molar-refractivity contribution in [1.82, 2.24) is 18.5 Å². The fourth-order valence-electron chi connectivity index (χ4n) is 1.03. The minimum absolute atomic E-state index is 0. The van der Waals surface area contributed by atoms with Crippen LogP contribution in [-0.2, 0) is 10.1 Å². The average molecular weight is 297 g/mol. The van der Waals surface area contributed by atoms with Crippen molar-refractivity contribution >= 4 is 22.1 Å². The van der Waals surface area contributed by atoms with E-state index in [4.69, 9.17) is 0 Å². The van der Waals surface area contributed by atoms with Gasteiger partial charge in [0, 0.05) is 5.56 Å². The topological polar surface area (TPSA) is 247 Å². The largest absolute Gasteiger partial charge is 0.744 e. The highest BCUT2D eigenvalue weighted by atomic mass is 32.2. The molecule has 0 aliphatic heterocycles. The van der Waals surface area contributed by atoms with Gasteiger partial charge in [0.2, 0.25) is 0 Å². The van der Waals surface area contributed by atoms with Crippen LogP contribution in [0.3, 0.4) is 0 Å². The molecule has 1 aromatic carbocycles. The summed E-state index contributed by atoms with van der Waals surface area (Å²) in [6, 6.07) is 1.83. The van der Waals surface area contributed by atoms with Crippen LogP contribution in [0.25, 0.3) is 0 Å². The molecule has 0 aliphatic rings. The van der Waals surface area contributed by atoms with E-state index in [1.165, 1.54) is 0 Å². The van der Waals surface area contributed by atoms with Crippen molar-refractivity contribution in [2.24, 2.45) is 0 Å². The minimum Gasteiger partial charge on any atom is -0.744 e. The summed E-state index contributed by atoms with van der Waals surface area (Å²) in [6.07, 6.45) is 0. The van der Waals surface area contributed by atoms with Crippen LogP contribution in [-0.4, -0.2) is 24.9 Å². The third kappa shape index (κ3) is 4.99. The zero-order valence-electron chi connectivity index (χ0n) is 10.5. The molecular weight excluding hydrogens is 282 g/mol. The first kappa shape index (κ1) is 22.2. The molecule has 10 nitrogen and oxygen atoms in total. The Balaban J connectivity index is -0.000000853. The molecule has 0 fully saturated rings. The lowest BCUT2D eigenvalue weighted by Crippen LogP contribution is -2.27. The smallest absolute Gasteiger partial charge is 0.125 e. The minimum atomic E-state index is -5.01. The van der Waals surface area contributed by atoms with E-state index in [2.05, 4.69) is 0 Å². The van der Waals surface area contributed by atoms with Crippen molar-refractivity contribution in [2.75, 3.05) is 0 Å². The predicted molar refractivity (Wildman–Crippen MR) is 61.0 cm³/mol. The summed E-state index contributed by atoms with van der Waals surface area (Å²) in [5.74, 6) is -3.66. The maximum atomic E-state index is 10.6. The summed E-state index contributed by atoms with van der Waals surface area (Å²) in [4.78, 5) is 19.9. The van der Waals surface area contributed by atoms with Crippen LogP contribution in [0.5, 0.6) is 0 Å². The third-order valence-corrected chi connectivity index (χ3v) is 2.60. The highest BCUT2D eigenvalue weighted by Gasteiger charge is 2.11. The number of carboxylic acid groups (broad SMARTS) is 2. The molecule has 12 N–H and O–H groups in total. The van der Waals surface area contributed by atoms with Gasteiger partial charge < -0.3 is 42.8 Å². The highest BCUT2D eigenvalue weighted by Crippen LogP contribution is 2.16. The monoisotopic (exact) mass is 297 g/mol. The molecule has 0 spiro atoms. The van der Waals surface area contributed by atoms with E-state index in [1.54, 1.807) is 0 Å². The second kappa shape index (κ2) is 7.40. The Labute approximate surface area is 108 Å². The number of carboxylic acids is 2. The Morgan fingerprint density at radius 2 is 1.42 bits per heavy atom. The molecule has 0 amide bonds. The van der Waals surface area contributed by atoms with Gasteiger partial charge in [-0.1, -0.05) is 6.07 Å². The lowest BCUT2D eigenvalue weighted by atomic mass is 10.1. The van der Waals surface area contributed by atoms with Crippen LogP contribution in [0.2, 0.25) is 0 Å². The molecule has 0 saturated carbocycles. The molecule has 0 radical (unpaired) electrons. The Hall–Kier alpha value is -2.05. The summed E-state index contributed by atoms with van der Waals surface area (Å²) in [7, 11) is -5.01. The second-order valence-corrected chi connectivity index (χ2v) is 4.09. The molecule has 0 aromatic heterocycles. The second-order valence-electron chi connectivity index (χ2n) is 2.74. The Morgan fingerprint density at radius 3 is 1.74 bits per heavy atom. The maximum Gasteiger partial charge on any atom is 0.125 e. The van der Waals surface area contributed by atoms with E-state index < -0.39 is 38.1 Å². The van der Waals surface area contributed by atoms with Crippen molar-refractivity contribution in [3.8, 4) is 0 Å². The molecule has 19 heavy (non-hydrogen) atoms. The van der Waals surface area contributed by atoms with Crippen molar-refractivity contribution in [1.29, 1.82) is 0 Å². The van der Waals surface area contributed by atoms with Crippen LogP contribution in [0.4, 0.5) is 0 Å². The number of quaternary nitrogens is 3. The fraction of sp³-hybridized carbons (Fsp3) is 0. The SMILES string of the molecule is O=C([O-])c1ccc(S(=O)(=O)[O-])c(C(=O)[O-])c1.[NH4+].[NH4+].[NH4+]. The van der Waals surface area contributed by atoms with Gasteiger partial charge in [0.1, 0.15) is 10.1 Å². The Bertz CT molecular complexity index is 570. The Kier molecular flexibility index (Phi) is 8.63. The van der Waals surface area contributed by atoms with E-state index >= 15 is 0 Å². The molecule has 0 aliphatic carbocycles. The molecule has 110 valence electrons. The lowest BCUT2D eigenvalue weighted by molar-refractivity contribution is -0.255. The van der Waals surface area contributed by atoms with E-state index in [0.29, 0.717) is 12.1 Å². The van der Waals surface area contributed by atoms with Gasteiger partial charge in [-0.3, -0.25) is 0 Å². The van der Waals surface area contributed by atoms with Gasteiger partial charge in [0.25, 0.3) is 0 Å². The van der Waals surface area contributed by atoms with E-state index in [-0.39, 0.29) is 18.5 Å². The molecule has 0 saturated heterocycles. The van der Waals surface area contributed by atoms with Crippen LogP contribution in [0.15, 0.2) is 23.1 Å². The Morgan fingerprint density at radius 1 is 0.947 bits per heavy atom. The molecule has 0 unspecified atom stereocenters. The maximum absolute atomic E-state index is 10.6. The lowest BCUT2D eigenvalue weighted by Gasteiger charge is -2.15. The quantitative estimate of drug-likeness (QED) is 0.552. The molecular formula is C8H15N3O7S. The molecule has 0 heterocycles. The van der Waals surface area contributed by atoms with Gasteiger partial charge in [0.15, 0.2) is 0 Å². The summed E-state index contributed by atoms with van der Waals surface area (Å²) in [5, 5.41) is 20.9. The van der Waals surface area contributed by atoms with Crippen LogP contribution in [0.1, 0.15) is 20.7 Å². The van der Waals surface area contributed by atoms with Gasteiger partial charge in [0.05, 0.1) is 16.8 Å². The van der Waals surface area contributed by atoms with E-state index in [0.717, 1.165) is 6.07 Å². The number of aromatic carboxylic acids is 2.